The Morgan fingerprint density at radius 3 is 2.35 bits per heavy atom. The summed E-state index contributed by atoms with van der Waals surface area (Å²) < 4.78 is 11.6. The van der Waals surface area contributed by atoms with Crippen molar-refractivity contribution in [3.8, 4) is 11.5 Å². The molecule has 0 bridgehead atoms. The van der Waals surface area contributed by atoms with Gasteiger partial charge in [-0.1, -0.05) is 48.5 Å². The molecule has 4 nitrogen and oxygen atoms in total. The maximum atomic E-state index is 10.7. The molecule has 0 aromatic heterocycles. The summed E-state index contributed by atoms with van der Waals surface area (Å²) in [6, 6.07) is 24.1. The number of carboxylic acids is 1. The highest BCUT2D eigenvalue weighted by molar-refractivity contribution is 9.10. The first-order valence-corrected chi connectivity index (χ1v) is 11.6. The second-order valence-electron chi connectivity index (χ2n) is 6.53. The average molecular weight is 499 g/mol. The number of thioether (sulfide) groups is 1. The van der Waals surface area contributed by atoms with E-state index in [2.05, 4.69) is 46.3 Å². The number of hydrogen-bond acceptors (Lipinski definition) is 4. The lowest BCUT2D eigenvalue weighted by atomic mass is 9.98. The number of rotatable bonds is 10. The van der Waals surface area contributed by atoms with Crippen molar-refractivity contribution in [2.24, 2.45) is 0 Å². The number of halogens is 1. The summed E-state index contributed by atoms with van der Waals surface area (Å²) in [5, 5.41) is 8.76. The highest BCUT2D eigenvalue weighted by atomic mass is 79.9. The summed E-state index contributed by atoms with van der Waals surface area (Å²) in [7, 11) is 0. The summed E-state index contributed by atoms with van der Waals surface area (Å²) in [6.45, 7) is 2.26. The molecule has 0 amide bonds. The van der Waals surface area contributed by atoms with Crippen LogP contribution in [-0.4, -0.2) is 30.0 Å². The van der Waals surface area contributed by atoms with Crippen molar-refractivity contribution >= 4 is 39.2 Å². The largest absolute Gasteiger partial charge is 0.494 e. The summed E-state index contributed by atoms with van der Waals surface area (Å²) in [6.07, 6.45) is 2.22. The van der Waals surface area contributed by atoms with Crippen molar-refractivity contribution in [3.05, 3.63) is 94.5 Å². The highest BCUT2D eigenvalue weighted by Gasteiger charge is 2.08. The lowest BCUT2D eigenvalue weighted by Crippen LogP contribution is -2.09. The molecule has 0 unspecified atom stereocenters. The van der Waals surface area contributed by atoms with Crippen LogP contribution in [0, 0.1) is 0 Å². The molecule has 0 fully saturated rings. The Kier molecular flexibility index (Phi) is 8.62. The third-order valence-corrected chi connectivity index (χ3v) is 5.89. The van der Waals surface area contributed by atoms with E-state index >= 15 is 0 Å². The predicted octanol–water partition coefficient (Wildman–Crippen LogP) is 6.54. The van der Waals surface area contributed by atoms with Crippen molar-refractivity contribution in [2.45, 2.75) is 11.8 Å². The molecule has 31 heavy (non-hydrogen) atoms. The molecule has 1 N–H and O–H groups in total. The molecule has 6 heteroatoms. The smallest absolute Gasteiger partial charge is 0.341 e. The van der Waals surface area contributed by atoms with E-state index in [-0.39, 0.29) is 6.61 Å². The zero-order chi connectivity index (χ0) is 22.1. The number of ether oxygens (including phenoxy) is 2. The first-order valence-electron chi connectivity index (χ1n) is 9.82. The van der Waals surface area contributed by atoms with Gasteiger partial charge in [0.2, 0.25) is 0 Å². The molecule has 160 valence electrons. The zero-order valence-electron chi connectivity index (χ0n) is 17.1. The van der Waals surface area contributed by atoms with Crippen LogP contribution >= 0.6 is 27.7 Å². The molecule has 3 aromatic carbocycles. The van der Waals surface area contributed by atoms with Gasteiger partial charge in [0.25, 0.3) is 0 Å². The lowest BCUT2D eigenvalue weighted by molar-refractivity contribution is -0.139. The molecule has 0 spiro atoms. The van der Waals surface area contributed by atoms with Gasteiger partial charge in [0.15, 0.2) is 6.61 Å². The fourth-order valence-electron chi connectivity index (χ4n) is 2.97. The number of benzene rings is 3. The Morgan fingerprint density at radius 1 is 1.00 bits per heavy atom. The van der Waals surface area contributed by atoms with Crippen LogP contribution in [-0.2, 0) is 4.79 Å². The maximum absolute atomic E-state index is 10.7. The number of aliphatic carboxylic acids is 1. The molecular weight excluding hydrogens is 476 g/mol. The van der Waals surface area contributed by atoms with Crippen LogP contribution in [0.3, 0.4) is 0 Å². The van der Waals surface area contributed by atoms with E-state index in [0.717, 1.165) is 37.6 Å². The van der Waals surface area contributed by atoms with Crippen LogP contribution in [0.15, 0.2) is 88.2 Å². The third kappa shape index (κ3) is 6.91. The molecule has 0 saturated carbocycles. The van der Waals surface area contributed by atoms with Crippen LogP contribution in [0.5, 0.6) is 11.5 Å². The van der Waals surface area contributed by atoms with Crippen molar-refractivity contribution in [3.63, 3.8) is 0 Å². The van der Waals surface area contributed by atoms with Gasteiger partial charge in [0.1, 0.15) is 11.5 Å². The van der Waals surface area contributed by atoms with Gasteiger partial charge in [0, 0.05) is 10.6 Å². The monoisotopic (exact) mass is 498 g/mol. The molecule has 3 rings (SSSR count). The Hall–Kier alpha value is -2.70. The van der Waals surface area contributed by atoms with Crippen LogP contribution in [0.2, 0.25) is 0 Å². The summed E-state index contributed by atoms with van der Waals surface area (Å²) in [5.74, 6) is 1.15. The van der Waals surface area contributed by atoms with Gasteiger partial charge in [-0.3, -0.25) is 0 Å². The van der Waals surface area contributed by atoms with Gasteiger partial charge in [-0.2, -0.15) is 0 Å². The molecular formula is C25H23BrO4S. The summed E-state index contributed by atoms with van der Waals surface area (Å²) in [4.78, 5) is 11.7. The van der Waals surface area contributed by atoms with Crippen LogP contribution < -0.4 is 9.47 Å². The minimum atomic E-state index is -1.00. The quantitative estimate of drug-likeness (QED) is 0.321. The maximum Gasteiger partial charge on any atom is 0.341 e. The second kappa shape index (κ2) is 11.6. The van der Waals surface area contributed by atoms with Crippen molar-refractivity contribution in [1.29, 1.82) is 0 Å². The summed E-state index contributed by atoms with van der Waals surface area (Å²) >= 11 is 5.15. The minimum Gasteiger partial charge on any atom is -0.494 e. The fourth-order valence-corrected chi connectivity index (χ4v) is 4.42. The Morgan fingerprint density at radius 2 is 1.71 bits per heavy atom. The van der Waals surface area contributed by atoms with E-state index in [1.54, 1.807) is 17.8 Å². The van der Waals surface area contributed by atoms with Gasteiger partial charge < -0.3 is 14.6 Å². The van der Waals surface area contributed by atoms with Crippen LogP contribution in [0.1, 0.15) is 18.1 Å². The zero-order valence-corrected chi connectivity index (χ0v) is 19.5. The van der Waals surface area contributed by atoms with E-state index in [1.807, 2.05) is 49.4 Å². The van der Waals surface area contributed by atoms with Gasteiger partial charge in [0.05, 0.1) is 11.1 Å². The minimum absolute atomic E-state index is 0.365. The normalized spacial score (nSPS) is 11.2. The molecule has 0 radical (unpaired) electrons. The summed E-state index contributed by atoms with van der Waals surface area (Å²) in [5.41, 5.74) is 3.45. The number of carboxylic acid groups (broad SMARTS) is 1. The topological polar surface area (TPSA) is 55.8 Å². The molecule has 0 saturated heterocycles. The van der Waals surface area contributed by atoms with Crippen LogP contribution in [0.4, 0.5) is 0 Å². The standard InChI is InChI=1S/C25H23BrO4S/c1-2-29-20-10-8-19(9-11-20)22(18-6-4-3-5-7-18)14-15-31-21-12-13-24(23(26)16-21)30-17-25(27)28/h3-14,16H,2,15,17H2,1H3,(H,27,28)/b22-14-. The van der Waals surface area contributed by atoms with Crippen LogP contribution in [0.25, 0.3) is 5.57 Å². The number of carbonyl (C=O) groups is 1. The highest BCUT2D eigenvalue weighted by Crippen LogP contribution is 2.32. The molecule has 0 atom stereocenters. The SMILES string of the molecule is CCOc1ccc(/C(=C\CSc2ccc(OCC(=O)O)c(Br)c2)c2ccccc2)cc1. The van der Waals surface area contributed by atoms with Crippen molar-refractivity contribution in [1.82, 2.24) is 0 Å². The molecule has 3 aromatic rings. The first-order chi connectivity index (χ1) is 15.1. The van der Waals surface area contributed by atoms with E-state index in [0.29, 0.717) is 12.4 Å². The van der Waals surface area contributed by atoms with Crippen molar-refractivity contribution < 1.29 is 19.4 Å². The molecule has 0 aliphatic heterocycles. The van der Waals surface area contributed by atoms with Crippen molar-refractivity contribution in [2.75, 3.05) is 19.0 Å². The van der Waals surface area contributed by atoms with Gasteiger partial charge in [-0.05, 0) is 69.9 Å². The Balaban J connectivity index is 1.75. The van der Waals surface area contributed by atoms with Gasteiger partial charge in [-0.25, -0.2) is 4.79 Å². The average Bonchev–Trinajstić information content (AvgIpc) is 2.77. The molecule has 0 heterocycles. The van der Waals surface area contributed by atoms with E-state index in [9.17, 15) is 4.79 Å². The fraction of sp³-hybridized carbons (Fsp3) is 0.160. The predicted molar refractivity (Wildman–Crippen MR) is 129 cm³/mol. The van der Waals surface area contributed by atoms with Gasteiger partial charge in [-0.15, -0.1) is 11.8 Å². The molecule has 0 aliphatic carbocycles. The second-order valence-corrected chi connectivity index (χ2v) is 8.47. The Labute approximate surface area is 195 Å². The van der Waals surface area contributed by atoms with Gasteiger partial charge >= 0.3 is 5.97 Å². The lowest BCUT2D eigenvalue weighted by Gasteiger charge is -2.11. The van der Waals surface area contributed by atoms with E-state index in [1.165, 1.54) is 0 Å². The third-order valence-electron chi connectivity index (χ3n) is 4.35. The first kappa shape index (κ1) is 23.0. The number of hydrogen-bond donors (Lipinski definition) is 1. The molecule has 0 aliphatic rings. The van der Waals surface area contributed by atoms with E-state index in [4.69, 9.17) is 14.6 Å². The van der Waals surface area contributed by atoms with E-state index < -0.39 is 5.97 Å². The Bertz CT molecular complexity index is 1030.